The Labute approximate surface area is 71.5 Å². The average Bonchev–Trinajstić information content (AvgIpc) is 2.43. The Hall–Kier alpha value is -0.610. The molecule has 2 fully saturated rings. The lowest BCUT2D eigenvalue weighted by Crippen LogP contribution is -2.30. The number of hydrogen-bond donors (Lipinski definition) is 2. The summed E-state index contributed by atoms with van der Waals surface area (Å²) in [4.78, 5) is 12.5. The van der Waals surface area contributed by atoms with Crippen molar-refractivity contribution >= 4 is 5.97 Å². The largest absolute Gasteiger partial charge is 0.480 e. The van der Waals surface area contributed by atoms with Gasteiger partial charge in [-0.25, -0.2) is 0 Å². The third-order valence-corrected chi connectivity index (χ3v) is 2.82. The highest BCUT2D eigenvalue weighted by atomic mass is 16.4. The van der Waals surface area contributed by atoms with E-state index < -0.39 is 5.97 Å². The van der Waals surface area contributed by atoms with Crippen LogP contribution in [-0.2, 0) is 4.79 Å². The highest BCUT2D eigenvalue weighted by Gasteiger charge is 2.36. The van der Waals surface area contributed by atoms with Crippen molar-refractivity contribution in [2.75, 3.05) is 32.7 Å². The molecule has 0 radical (unpaired) electrons. The minimum Gasteiger partial charge on any atom is -0.480 e. The van der Waals surface area contributed by atoms with Gasteiger partial charge in [0.15, 0.2) is 0 Å². The summed E-state index contributed by atoms with van der Waals surface area (Å²) in [5.41, 5.74) is 0. The van der Waals surface area contributed by atoms with Crippen LogP contribution >= 0.6 is 0 Å². The van der Waals surface area contributed by atoms with E-state index in [1.54, 1.807) is 0 Å². The number of carboxylic acid groups (broad SMARTS) is 1. The van der Waals surface area contributed by atoms with Crippen LogP contribution in [0.4, 0.5) is 0 Å². The number of rotatable bonds is 2. The van der Waals surface area contributed by atoms with E-state index in [9.17, 15) is 4.79 Å². The lowest BCUT2D eigenvalue weighted by Gasteiger charge is -2.13. The molecule has 0 aromatic heterocycles. The number of nitrogens with one attached hydrogen (secondary N) is 1. The van der Waals surface area contributed by atoms with Crippen LogP contribution in [0.15, 0.2) is 0 Å². The number of nitrogens with zero attached hydrogens (tertiary/aromatic N) is 1. The van der Waals surface area contributed by atoms with Gasteiger partial charge in [-0.1, -0.05) is 0 Å². The molecule has 2 atom stereocenters. The SMILES string of the molecule is O=C(O)CN1C[C@H]2CNC[C@H]2C1. The van der Waals surface area contributed by atoms with Gasteiger partial charge in [-0.15, -0.1) is 0 Å². The third kappa shape index (κ3) is 1.44. The monoisotopic (exact) mass is 170 g/mol. The molecule has 0 aromatic carbocycles. The van der Waals surface area contributed by atoms with Crippen LogP contribution in [0, 0.1) is 11.8 Å². The number of carbonyl (C=O) groups is 1. The summed E-state index contributed by atoms with van der Waals surface area (Å²) < 4.78 is 0. The molecular formula is C8H14N2O2. The molecule has 2 aliphatic heterocycles. The summed E-state index contributed by atoms with van der Waals surface area (Å²) in [6.45, 7) is 4.28. The Morgan fingerprint density at radius 1 is 1.42 bits per heavy atom. The Kier molecular flexibility index (Phi) is 2.02. The lowest BCUT2D eigenvalue weighted by molar-refractivity contribution is -0.138. The Morgan fingerprint density at radius 2 is 2.00 bits per heavy atom. The fourth-order valence-corrected chi connectivity index (χ4v) is 2.27. The zero-order chi connectivity index (χ0) is 8.55. The van der Waals surface area contributed by atoms with Gasteiger partial charge < -0.3 is 10.4 Å². The molecule has 2 saturated heterocycles. The van der Waals surface area contributed by atoms with Crippen LogP contribution < -0.4 is 5.32 Å². The van der Waals surface area contributed by atoms with E-state index in [2.05, 4.69) is 5.32 Å². The van der Waals surface area contributed by atoms with Crippen molar-refractivity contribution in [3.05, 3.63) is 0 Å². The molecule has 0 saturated carbocycles. The average molecular weight is 170 g/mol. The summed E-state index contributed by atoms with van der Waals surface area (Å²) >= 11 is 0. The topological polar surface area (TPSA) is 52.6 Å². The number of likely N-dealkylation sites (tertiary alicyclic amines) is 1. The van der Waals surface area contributed by atoms with Gasteiger partial charge in [0, 0.05) is 13.1 Å². The first kappa shape index (κ1) is 8.01. The van der Waals surface area contributed by atoms with Crippen molar-refractivity contribution in [2.45, 2.75) is 0 Å². The van der Waals surface area contributed by atoms with E-state index in [-0.39, 0.29) is 6.54 Å². The minimum absolute atomic E-state index is 0.215. The molecular weight excluding hydrogens is 156 g/mol. The Balaban J connectivity index is 1.86. The predicted octanol–water partition coefficient (Wildman–Crippen LogP) is -0.778. The highest BCUT2D eigenvalue weighted by Crippen LogP contribution is 2.25. The lowest BCUT2D eigenvalue weighted by atomic mass is 10.0. The second kappa shape index (κ2) is 3.03. The molecule has 2 heterocycles. The normalized spacial score (nSPS) is 35.3. The molecule has 4 nitrogen and oxygen atoms in total. The van der Waals surface area contributed by atoms with Crippen molar-refractivity contribution in [1.29, 1.82) is 0 Å². The summed E-state index contributed by atoms with van der Waals surface area (Å²) in [6, 6.07) is 0. The predicted molar refractivity (Wildman–Crippen MR) is 43.9 cm³/mol. The van der Waals surface area contributed by atoms with Crippen molar-refractivity contribution in [2.24, 2.45) is 11.8 Å². The van der Waals surface area contributed by atoms with Crippen LogP contribution in [0.3, 0.4) is 0 Å². The van der Waals surface area contributed by atoms with E-state index in [0.717, 1.165) is 26.2 Å². The quantitative estimate of drug-likeness (QED) is 0.571. The molecule has 0 unspecified atom stereocenters. The van der Waals surface area contributed by atoms with E-state index >= 15 is 0 Å². The second-order valence-corrected chi connectivity index (χ2v) is 3.77. The second-order valence-electron chi connectivity index (χ2n) is 3.77. The maximum Gasteiger partial charge on any atom is 0.317 e. The Morgan fingerprint density at radius 3 is 2.50 bits per heavy atom. The van der Waals surface area contributed by atoms with Gasteiger partial charge in [-0.2, -0.15) is 0 Å². The first-order valence-corrected chi connectivity index (χ1v) is 4.40. The standard InChI is InChI=1S/C8H14N2O2/c11-8(12)5-10-3-6-1-9-2-7(6)4-10/h6-7,9H,1-5H2,(H,11,12)/t6-,7+. The van der Waals surface area contributed by atoms with Gasteiger partial charge in [0.2, 0.25) is 0 Å². The molecule has 0 aliphatic carbocycles. The summed E-state index contributed by atoms with van der Waals surface area (Å²) in [7, 11) is 0. The summed E-state index contributed by atoms with van der Waals surface area (Å²) in [6.07, 6.45) is 0. The fourth-order valence-electron chi connectivity index (χ4n) is 2.27. The smallest absolute Gasteiger partial charge is 0.317 e. The van der Waals surface area contributed by atoms with Gasteiger partial charge in [-0.05, 0) is 24.9 Å². The van der Waals surface area contributed by atoms with Crippen LogP contribution in [0.1, 0.15) is 0 Å². The van der Waals surface area contributed by atoms with Crippen molar-refractivity contribution in [3.8, 4) is 0 Å². The van der Waals surface area contributed by atoms with E-state index in [1.165, 1.54) is 0 Å². The molecule has 4 heteroatoms. The van der Waals surface area contributed by atoms with Gasteiger partial charge in [0.25, 0.3) is 0 Å². The number of aliphatic carboxylic acids is 1. The maximum absolute atomic E-state index is 10.4. The molecule has 2 aliphatic rings. The molecule has 2 N–H and O–H groups in total. The highest BCUT2D eigenvalue weighted by molar-refractivity contribution is 5.69. The number of carboxylic acids is 1. The maximum atomic E-state index is 10.4. The van der Waals surface area contributed by atoms with E-state index in [0.29, 0.717) is 11.8 Å². The molecule has 0 amide bonds. The fraction of sp³-hybridized carbons (Fsp3) is 0.875. The van der Waals surface area contributed by atoms with Crippen LogP contribution in [0.25, 0.3) is 0 Å². The van der Waals surface area contributed by atoms with Crippen LogP contribution in [0.5, 0.6) is 0 Å². The van der Waals surface area contributed by atoms with E-state index in [4.69, 9.17) is 5.11 Å². The zero-order valence-corrected chi connectivity index (χ0v) is 6.99. The van der Waals surface area contributed by atoms with Gasteiger partial charge in [-0.3, -0.25) is 9.69 Å². The van der Waals surface area contributed by atoms with E-state index in [1.807, 2.05) is 4.90 Å². The van der Waals surface area contributed by atoms with Crippen molar-refractivity contribution in [1.82, 2.24) is 10.2 Å². The van der Waals surface area contributed by atoms with Crippen molar-refractivity contribution < 1.29 is 9.90 Å². The Bertz CT molecular complexity index is 183. The first-order chi connectivity index (χ1) is 5.75. The van der Waals surface area contributed by atoms with Gasteiger partial charge in [0.1, 0.15) is 0 Å². The zero-order valence-electron chi connectivity index (χ0n) is 6.99. The molecule has 68 valence electrons. The molecule has 0 aromatic rings. The minimum atomic E-state index is -0.706. The van der Waals surface area contributed by atoms with Gasteiger partial charge >= 0.3 is 5.97 Å². The molecule has 0 spiro atoms. The molecule has 12 heavy (non-hydrogen) atoms. The van der Waals surface area contributed by atoms with Crippen molar-refractivity contribution in [3.63, 3.8) is 0 Å². The van der Waals surface area contributed by atoms with Crippen LogP contribution in [-0.4, -0.2) is 48.7 Å². The number of hydrogen-bond acceptors (Lipinski definition) is 3. The van der Waals surface area contributed by atoms with Gasteiger partial charge in [0.05, 0.1) is 6.54 Å². The number of fused-ring (bicyclic) bond motifs is 1. The first-order valence-electron chi connectivity index (χ1n) is 4.40. The summed E-state index contributed by atoms with van der Waals surface area (Å²) in [5.74, 6) is 0.691. The molecule has 2 rings (SSSR count). The third-order valence-electron chi connectivity index (χ3n) is 2.82. The summed E-state index contributed by atoms with van der Waals surface area (Å²) in [5, 5.41) is 11.9. The van der Waals surface area contributed by atoms with Crippen LogP contribution in [0.2, 0.25) is 0 Å². The molecule has 0 bridgehead atoms.